The fourth-order valence-corrected chi connectivity index (χ4v) is 1.87. The highest BCUT2D eigenvalue weighted by Gasteiger charge is 2.25. The summed E-state index contributed by atoms with van der Waals surface area (Å²) in [4.78, 5) is 24.4. The molecule has 20 heavy (non-hydrogen) atoms. The molecule has 110 valence electrons. The molecule has 0 radical (unpaired) electrons. The van der Waals surface area contributed by atoms with E-state index in [9.17, 15) is 14.9 Å². The molecule has 7 nitrogen and oxygen atoms in total. The second-order valence-corrected chi connectivity index (χ2v) is 4.28. The standard InChI is InChI=1S/C13H19N3O4/c1-14-11-7-4-6-10(12(11)16(18)19)13(17)15(2)8-5-9-20-3/h4,6-7,14H,5,8-9H2,1-3H3. The average Bonchev–Trinajstić information content (AvgIpc) is 2.45. The summed E-state index contributed by atoms with van der Waals surface area (Å²) in [6.07, 6.45) is 0.679. The quantitative estimate of drug-likeness (QED) is 0.467. The summed E-state index contributed by atoms with van der Waals surface area (Å²) < 4.78 is 4.92. The van der Waals surface area contributed by atoms with E-state index in [1.165, 1.54) is 11.0 Å². The number of nitrogens with zero attached hydrogens (tertiary/aromatic N) is 2. The third kappa shape index (κ3) is 3.67. The molecule has 1 N–H and O–H groups in total. The van der Waals surface area contributed by atoms with E-state index in [2.05, 4.69) is 5.32 Å². The zero-order valence-corrected chi connectivity index (χ0v) is 11.9. The number of carbonyl (C=O) groups excluding carboxylic acids is 1. The molecule has 1 aromatic rings. The van der Waals surface area contributed by atoms with E-state index in [0.717, 1.165) is 0 Å². The van der Waals surface area contributed by atoms with Crippen LogP contribution in [0.3, 0.4) is 0 Å². The molecule has 0 aliphatic rings. The maximum absolute atomic E-state index is 12.3. The molecule has 1 amide bonds. The van der Waals surface area contributed by atoms with Gasteiger partial charge in [-0.25, -0.2) is 0 Å². The maximum Gasteiger partial charge on any atom is 0.305 e. The predicted molar refractivity (Wildman–Crippen MR) is 76.1 cm³/mol. The van der Waals surface area contributed by atoms with Gasteiger partial charge in [0.15, 0.2) is 0 Å². The molecular weight excluding hydrogens is 262 g/mol. The SMILES string of the molecule is CNc1cccc(C(=O)N(C)CCCOC)c1[N+](=O)[O-]. The van der Waals surface area contributed by atoms with Gasteiger partial charge in [0.1, 0.15) is 11.3 Å². The topological polar surface area (TPSA) is 84.7 Å². The van der Waals surface area contributed by atoms with Gasteiger partial charge in [0.2, 0.25) is 0 Å². The van der Waals surface area contributed by atoms with Crippen LogP contribution in [0.4, 0.5) is 11.4 Å². The number of hydrogen-bond acceptors (Lipinski definition) is 5. The Bertz CT molecular complexity index is 491. The molecule has 0 heterocycles. The fraction of sp³-hybridized carbons (Fsp3) is 0.462. The lowest BCUT2D eigenvalue weighted by Gasteiger charge is -2.17. The highest BCUT2D eigenvalue weighted by atomic mass is 16.6. The first kappa shape index (κ1) is 15.9. The third-order valence-corrected chi connectivity index (χ3v) is 2.91. The van der Waals surface area contributed by atoms with Gasteiger partial charge in [0.25, 0.3) is 5.91 Å². The van der Waals surface area contributed by atoms with Crippen LogP contribution in [-0.2, 0) is 4.74 Å². The molecule has 0 aromatic heterocycles. The molecule has 0 spiro atoms. The molecule has 1 rings (SSSR count). The molecule has 0 aliphatic carbocycles. The van der Waals surface area contributed by atoms with Gasteiger partial charge >= 0.3 is 5.69 Å². The van der Waals surface area contributed by atoms with Crippen LogP contribution in [0.15, 0.2) is 18.2 Å². The number of nitro benzene ring substituents is 1. The number of nitro groups is 1. The van der Waals surface area contributed by atoms with E-state index in [-0.39, 0.29) is 17.2 Å². The van der Waals surface area contributed by atoms with Gasteiger partial charge in [0, 0.05) is 34.4 Å². The fourth-order valence-electron chi connectivity index (χ4n) is 1.87. The minimum Gasteiger partial charge on any atom is -0.385 e. The molecular formula is C13H19N3O4. The summed E-state index contributed by atoms with van der Waals surface area (Å²) in [5.41, 5.74) is 0.214. The Balaban J connectivity index is 3.00. The summed E-state index contributed by atoms with van der Waals surface area (Å²) in [6, 6.07) is 4.66. The lowest BCUT2D eigenvalue weighted by atomic mass is 10.1. The Morgan fingerprint density at radius 1 is 1.50 bits per heavy atom. The van der Waals surface area contributed by atoms with Crippen LogP contribution < -0.4 is 5.32 Å². The van der Waals surface area contributed by atoms with Crippen molar-refractivity contribution >= 4 is 17.3 Å². The number of carbonyl (C=O) groups is 1. The molecule has 0 bridgehead atoms. The van der Waals surface area contributed by atoms with Crippen molar-refractivity contribution in [1.29, 1.82) is 0 Å². The van der Waals surface area contributed by atoms with Crippen LogP contribution in [0.25, 0.3) is 0 Å². The largest absolute Gasteiger partial charge is 0.385 e. The number of methoxy groups -OCH3 is 1. The van der Waals surface area contributed by atoms with Crippen molar-refractivity contribution in [3.05, 3.63) is 33.9 Å². The van der Waals surface area contributed by atoms with E-state index in [1.807, 2.05) is 0 Å². The number of ether oxygens (including phenoxy) is 1. The Morgan fingerprint density at radius 2 is 2.20 bits per heavy atom. The highest BCUT2D eigenvalue weighted by Crippen LogP contribution is 2.29. The summed E-state index contributed by atoms with van der Waals surface area (Å²) in [5, 5.41) is 13.9. The molecule has 0 fully saturated rings. The van der Waals surface area contributed by atoms with Crippen molar-refractivity contribution in [3.8, 4) is 0 Å². The smallest absolute Gasteiger partial charge is 0.305 e. The van der Waals surface area contributed by atoms with Gasteiger partial charge in [-0.2, -0.15) is 0 Å². The summed E-state index contributed by atoms with van der Waals surface area (Å²) in [5.74, 6) is -0.370. The number of benzene rings is 1. The minimum absolute atomic E-state index is 0.0850. The van der Waals surface area contributed by atoms with Crippen LogP contribution in [-0.4, -0.2) is 50.1 Å². The number of rotatable bonds is 7. The number of hydrogen-bond donors (Lipinski definition) is 1. The average molecular weight is 281 g/mol. The normalized spacial score (nSPS) is 10.2. The van der Waals surface area contributed by atoms with E-state index in [1.54, 1.807) is 33.3 Å². The Hall–Kier alpha value is -2.15. The van der Waals surface area contributed by atoms with Crippen molar-refractivity contribution in [2.45, 2.75) is 6.42 Å². The van der Waals surface area contributed by atoms with Crippen molar-refractivity contribution < 1.29 is 14.5 Å². The molecule has 0 aliphatic heterocycles. The van der Waals surface area contributed by atoms with Gasteiger partial charge in [0.05, 0.1) is 4.92 Å². The van der Waals surface area contributed by atoms with Crippen LogP contribution >= 0.6 is 0 Å². The second kappa shape index (κ2) is 7.44. The third-order valence-electron chi connectivity index (χ3n) is 2.91. The van der Waals surface area contributed by atoms with Crippen molar-refractivity contribution in [1.82, 2.24) is 4.90 Å². The van der Waals surface area contributed by atoms with E-state index in [4.69, 9.17) is 4.74 Å². The van der Waals surface area contributed by atoms with Crippen molar-refractivity contribution in [2.24, 2.45) is 0 Å². The molecule has 0 saturated carbocycles. The molecule has 0 saturated heterocycles. The van der Waals surface area contributed by atoms with Gasteiger partial charge in [-0.15, -0.1) is 0 Å². The first-order valence-electron chi connectivity index (χ1n) is 6.22. The lowest BCUT2D eigenvalue weighted by Crippen LogP contribution is -2.29. The number of amides is 1. The molecule has 0 atom stereocenters. The zero-order valence-electron chi connectivity index (χ0n) is 11.9. The van der Waals surface area contributed by atoms with Crippen LogP contribution in [0.2, 0.25) is 0 Å². The molecule has 7 heteroatoms. The lowest BCUT2D eigenvalue weighted by molar-refractivity contribution is -0.384. The zero-order chi connectivity index (χ0) is 15.1. The van der Waals surface area contributed by atoms with E-state index >= 15 is 0 Å². The number of nitrogens with one attached hydrogen (secondary N) is 1. The first-order chi connectivity index (χ1) is 9.52. The summed E-state index contributed by atoms with van der Waals surface area (Å²) in [7, 11) is 4.79. The Labute approximate surface area is 117 Å². The molecule has 0 unspecified atom stereocenters. The maximum atomic E-state index is 12.3. The number of para-hydroxylation sites is 1. The van der Waals surface area contributed by atoms with Gasteiger partial charge in [-0.1, -0.05) is 6.07 Å². The van der Waals surface area contributed by atoms with Crippen LogP contribution in [0.1, 0.15) is 16.8 Å². The Kier molecular flexibility index (Phi) is 5.92. The van der Waals surface area contributed by atoms with Crippen molar-refractivity contribution in [3.63, 3.8) is 0 Å². The monoisotopic (exact) mass is 281 g/mol. The van der Waals surface area contributed by atoms with Gasteiger partial charge in [-0.05, 0) is 18.6 Å². The second-order valence-electron chi connectivity index (χ2n) is 4.28. The predicted octanol–water partition coefficient (Wildman–Crippen LogP) is 1.74. The van der Waals surface area contributed by atoms with Gasteiger partial charge in [-0.3, -0.25) is 14.9 Å². The van der Waals surface area contributed by atoms with Crippen molar-refractivity contribution in [2.75, 3.05) is 39.7 Å². The summed E-state index contributed by atoms with van der Waals surface area (Å²) >= 11 is 0. The highest BCUT2D eigenvalue weighted by molar-refractivity contribution is 6.00. The minimum atomic E-state index is -0.540. The van der Waals surface area contributed by atoms with E-state index in [0.29, 0.717) is 25.3 Å². The Morgan fingerprint density at radius 3 is 2.75 bits per heavy atom. The van der Waals surface area contributed by atoms with Crippen LogP contribution in [0.5, 0.6) is 0 Å². The summed E-state index contributed by atoms with van der Waals surface area (Å²) in [6.45, 7) is 1.02. The molecule has 1 aromatic carbocycles. The van der Waals surface area contributed by atoms with E-state index < -0.39 is 4.92 Å². The number of anilines is 1. The first-order valence-corrected chi connectivity index (χ1v) is 6.22. The van der Waals surface area contributed by atoms with Gasteiger partial charge < -0.3 is 15.0 Å². The van der Waals surface area contributed by atoms with Crippen LogP contribution in [0, 0.1) is 10.1 Å².